The van der Waals surface area contributed by atoms with Crippen LogP contribution in [0.1, 0.15) is 10.5 Å². The summed E-state index contributed by atoms with van der Waals surface area (Å²) in [5, 5.41) is 5.64. The Morgan fingerprint density at radius 3 is 2.88 bits per heavy atom. The van der Waals surface area contributed by atoms with Gasteiger partial charge in [0.2, 0.25) is 5.89 Å². The zero-order valence-electron chi connectivity index (χ0n) is 17.0. The van der Waals surface area contributed by atoms with Crippen LogP contribution in [0.4, 0.5) is 22.9 Å². The van der Waals surface area contributed by atoms with Gasteiger partial charge in [-0.05, 0) is 18.2 Å². The van der Waals surface area contributed by atoms with E-state index < -0.39 is 5.91 Å². The van der Waals surface area contributed by atoms with Crippen molar-refractivity contribution in [3.63, 3.8) is 0 Å². The first-order valence-electron chi connectivity index (χ1n) is 9.99. The highest BCUT2D eigenvalue weighted by molar-refractivity contribution is 6.06. The predicted octanol–water partition coefficient (Wildman–Crippen LogP) is 1.74. The van der Waals surface area contributed by atoms with Gasteiger partial charge in [0.05, 0.1) is 30.3 Å². The van der Waals surface area contributed by atoms with E-state index in [1.807, 2.05) is 6.07 Å². The number of nitrogens with two attached hydrogens (primary N) is 1. The summed E-state index contributed by atoms with van der Waals surface area (Å²) in [5.41, 5.74) is 8.18. The molecule has 0 atom stereocenters. The second-order valence-electron chi connectivity index (χ2n) is 7.26. The minimum atomic E-state index is -0.459. The summed E-state index contributed by atoms with van der Waals surface area (Å²) in [6.45, 7) is 2.41. The van der Waals surface area contributed by atoms with Gasteiger partial charge in [0.25, 0.3) is 11.8 Å². The number of hydrogen-bond donors (Lipinski definition) is 3. The number of carbonyl (C=O) groups is 2. The Bertz CT molecular complexity index is 1190. The van der Waals surface area contributed by atoms with Crippen molar-refractivity contribution in [3.8, 4) is 17.2 Å². The Labute approximate surface area is 182 Å². The largest absolute Gasteiger partial charge is 0.482 e. The minimum absolute atomic E-state index is 0.0531. The van der Waals surface area contributed by atoms with Crippen molar-refractivity contribution >= 4 is 34.7 Å². The molecule has 11 heteroatoms. The van der Waals surface area contributed by atoms with E-state index >= 15 is 0 Å². The summed E-state index contributed by atoms with van der Waals surface area (Å²) in [6.07, 6.45) is 2.81. The second-order valence-corrected chi connectivity index (χ2v) is 7.26. The maximum Gasteiger partial charge on any atom is 0.277 e. The van der Waals surface area contributed by atoms with E-state index in [4.69, 9.17) is 19.6 Å². The number of rotatable bonds is 4. The number of pyridine rings is 1. The highest BCUT2D eigenvalue weighted by atomic mass is 16.5. The first-order chi connectivity index (χ1) is 15.6. The van der Waals surface area contributed by atoms with Gasteiger partial charge >= 0.3 is 0 Å². The third kappa shape index (κ3) is 3.93. The highest BCUT2D eigenvalue weighted by Gasteiger charge is 2.24. The van der Waals surface area contributed by atoms with Crippen LogP contribution in [0.15, 0.2) is 41.1 Å². The number of ether oxygens (including phenoxy) is 2. The molecule has 32 heavy (non-hydrogen) atoms. The zero-order valence-corrected chi connectivity index (χ0v) is 17.0. The van der Waals surface area contributed by atoms with Gasteiger partial charge in [-0.25, -0.2) is 9.97 Å². The molecule has 164 valence electrons. The lowest BCUT2D eigenvalue weighted by atomic mass is 10.1. The van der Waals surface area contributed by atoms with E-state index in [2.05, 4.69) is 25.5 Å². The minimum Gasteiger partial charge on any atom is -0.482 e. The van der Waals surface area contributed by atoms with Gasteiger partial charge in [-0.1, -0.05) is 0 Å². The fourth-order valence-electron chi connectivity index (χ4n) is 3.56. The van der Waals surface area contributed by atoms with Crippen molar-refractivity contribution in [1.82, 2.24) is 9.97 Å². The van der Waals surface area contributed by atoms with Crippen LogP contribution in [0.25, 0.3) is 11.5 Å². The van der Waals surface area contributed by atoms with Crippen molar-refractivity contribution in [3.05, 3.63) is 42.4 Å². The van der Waals surface area contributed by atoms with Gasteiger partial charge in [0.1, 0.15) is 17.8 Å². The smallest absolute Gasteiger partial charge is 0.277 e. The predicted molar refractivity (Wildman–Crippen MR) is 116 cm³/mol. The number of nitrogen functional groups attached to an aromatic ring is 1. The molecule has 1 aromatic carbocycles. The van der Waals surface area contributed by atoms with Gasteiger partial charge in [0, 0.05) is 30.9 Å². The molecule has 1 saturated heterocycles. The van der Waals surface area contributed by atoms with Gasteiger partial charge < -0.3 is 35.2 Å². The van der Waals surface area contributed by atoms with Crippen molar-refractivity contribution in [1.29, 1.82) is 0 Å². The number of fused-ring (bicyclic) bond motifs is 1. The molecule has 11 nitrogen and oxygen atoms in total. The molecule has 3 aromatic rings. The van der Waals surface area contributed by atoms with Gasteiger partial charge in [0.15, 0.2) is 12.3 Å². The number of amides is 2. The van der Waals surface area contributed by atoms with Gasteiger partial charge in [-0.2, -0.15) is 0 Å². The topological polar surface area (TPSA) is 145 Å². The molecule has 0 radical (unpaired) electrons. The number of morpholine rings is 1. The van der Waals surface area contributed by atoms with E-state index in [9.17, 15) is 9.59 Å². The van der Waals surface area contributed by atoms with Crippen LogP contribution < -0.4 is 26.0 Å². The third-order valence-corrected chi connectivity index (χ3v) is 5.10. The van der Waals surface area contributed by atoms with Crippen LogP contribution >= 0.6 is 0 Å². The van der Waals surface area contributed by atoms with Crippen LogP contribution in [0, 0.1) is 0 Å². The molecular formula is C21H20N6O5. The molecule has 2 aromatic heterocycles. The number of benzene rings is 1. The lowest BCUT2D eigenvalue weighted by molar-refractivity contribution is -0.118. The molecule has 0 bridgehead atoms. The molecule has 2 aliphatic heterocycles. The fourth-order valence-corrected chi connectivity index (χ4v) is 3.56. The third-order valence-electron chi connectivity index (χ3n) is 5.10. The van der Waals surface area contributed by atoms with Crippen LogP contribution in [0.3, 0.4) is 0 Å². The lowest BCUT2D eigenvalue weighted by Gasteiger charge is -2.32. The molecular weight excluding hydrogens is 416 g/mol. The number of nitrogens with zero attached hydrogens (tertiary/aromatic N) is 3. The Balaban J connectivity index is 1.44. The number of aromatic nitrogens is 2. The van der Waals surface area contributed by atoms with Crippen LogP contribution in [0.2, 0.25) is 0 Å². The zero-order chi connectivity index (χ0) is 22.1. The van der Waals surface area contributed by atoms with Crippen molar-refractivity contribution in [2.24, 2.45) is 0 Å². The number of anilines is 4. The van der Waals surface area contributed by atoms with Crippen LogP contribution in [-0.2, 0) is 9.53 Å². The molecule has 2 amide bonds. The van der Waals surface area contributed by atoms with Gasteiger partial charge in [-0.3, -0.25) is 9.59 Å². The summed E-state index contributed by atoms with van der Waals surface area (Å²) in [7, 11) is 0. The number of carbonyl (C=O) groups excluding carboxylic acids is 2. The maximum absolute atomic E-state index is 13.0. The molecule has 4 heterocycles. The number of hydrogen-bond acceptors (Lipinski definition) is 9. The molecule has 2 aliphatic rings. The summed E-state index contributed by atoms with van der Waals surface area (Å²) in [5.74, 6) is 0.401. The summed E-state index contributed by atoms with van der Waals surface area (Å²) in [4.78, 5) is 35.0. The molecule has 5 rings (SSSR count). The Morgan fingerprint density at radius 2 is 2.06 bits per heavy atom. The fraction of sp³-hybridized carbons (Fsp3) is 0.238. The van der Waals surface area contributed by atoms with Crippen molar-refractivity contribution < 1.29 is 23.5 Å². The van der Waals surface area contributed by atoms with E-state index in [-0.39, 0.29) is 24.1 Å². The molecule has 4 N–H and O–H groups in total. The van der Waals surface area contributed by atoms with Crippen LogP contribution in [-0.4, -0.2) is 54.7 Å². The highest BCUT2D eigenvalue weighted by Crippen LogP contribution is 2.39. The first-order valence-corrected chi connectivity index (χ1v) is 9.99. The number of oxazole rings is 1. The van der Waals surface area contributed by atoms with E-state index in [0.29, 0.717) is 54.8 Å². The van der Waals surface area contributed by atoms with Crippen molar-refractivity contribution in [2.75, 3.05) is 54.2 Å². The van der Waals surface area contributed by atoms with E-state index in [0.717, 1.165) is 5.69 Å². The van der Waals surface area contributed by atoms with Gasteiger partial charge in [-0.15, -0.1) is 0 Å². The maximum atomic E-state index is 13.0. The molecule has 1 fully saturated rings. The monoisotopic (exact) mass is 436 g/mol. The summed E-state index contributed by atoms with van der Waals surface area (Å²) in [6, 6.07) is 6.78. The SMILES string of the molecule is Nc1cc(-c2nc(C(=O)Nc3cc4c(cc3N3CCOCC3)OCC(=O)N4)co2)ccn1. The quantitative estimate of drug-likeness (QED) is 0.557. The standard InChI is InChI=1S/C21H20N6O5/c22-18-7-12(1-2-23-18)21-26-15(10-32-21)20(29)25-13-8-14-17(31-11-19(28)24-14)9-16(13)27-3-5-30-6-4-27/h1-2,7-10H,3-6,11H2,(H2,22,23)(H,24,28)(H,25,29). The normalized spacial score (nSPS) is 15.5. The second kappa shape index (κ2) is 8.19. The molecule has 0 saturated carbocycles. The van der Waals surface area contributed by atoms with Crippen LogP contribution in [0.5, 0.6) is 5.75 Å². The van der Waals surface area contributed by atoms with E-state index in [1.54, 1.807) is 18.2 Å². The average Bonchev–Trinajstić information content (AvgIpc) is 3.30. The molecule has 0 spiro atoms. The first kappa shape index (κ1) is 19.8. The number of nitrogens with one attached hydrogen (secondary N) is 2. The molecule has 0 aliphatic carbocycles. The Kier molecular flexibility index (Phi) is 5.07. The van der Waals surface area contributed by atoms with E-state index in [1.165, 1.54) is 12.5 Å². The lowest BCUT2D eigenvalue weighted by Crippen LogP contribution is -2.37. The average molecular weight is 436 g/mol. The summed E-state index contributed by atoms with van der Waals surface area (Å²) >= 11 is 0. The Morgan fingerprint density at radius 1 is 1.22 bits per heavy atom. The summed E-state index contributed by atoms with van der Waals surface area (Å²) < 4.78 is 16.4. The molecule has 0 unspecified atom stereocenters. The van der Waals surface area contributed by atoms with Crippen molar-refractivity contribution in [2.45, 2.75) is 0 Å². The Hall–Kier alpha value is -4.12.